The van der Waals surface area contributed by atoms with Crippen LogP contribution in [-0.4, -0.2) is 30.0 Å². The zero-order chi connectivity index (χ0) is 10.3. The monoisotopic (exact) mass is 218 g/mol. The minimum atomic E-state index is -3.00. The molecule has 0 aliphatic carbocycles. The maximum Gasteiger partial charge on any atom is 0.306 e. The van der Waals surface area contributed by atoms with Gasteiger partial charge < -0.3 is 5.11 Å². The van der Waals surface area contributed by atoms with Crippen molar-refractivity contribution >= 4 is 15.8 Å². The zero-order valence-electron chi connectivity index (χ0n) is 7.85. The van der Waals surface area contributed by atoms with Crippen LogP contribution in [0.2, 0.25) is 0 Å². The van der Waals surface area contributed by atoms with Crippen LogP contribution in [0.25, 0.3) is 0 Å². The van der Waals surface area contributed by atoms with Crippen molar-refractivity contribution in [2.24, 2.45) is 5.92 Å². The Kier molecular flexibility index (Phi) is 2.29. The van der Waals surface area contributed by atoms with Crippen molar-refractivity contribution in [1.82, 2.24) is 0 Å². The first-order valence-electron chi connectivity index (χ1n) is 4.97. The second-order valence-electron chi connectivity index (χ2n) is 4.27. The fraction of sp³-hybridized carbons (Fsp3) is 0.889. The molecule has 2 rings (SSSR count). The van der Waals surface area contributed by atoms with E-state index in [1.807, 2.05) is 0 Å². The third-order valence-corrected chi connectivity index (χ3v) is 6.14. The molecule has 2 aliphatic rings. The zero-order valence-corrected chi connectivity index (χ0v) is 8.66. The van der Waals surface area contributed by atoms with E-state index in [4.69, 9.17) is 5.11 Å². The van der Waals surface area contributed by atoms with Crippen molar-refractivity contribution in [3.8, 4) is 0 Å². The molecule has 1 N–H and O–H groups in total. The number of hydrogen-bond donors (Lipinski definition) is 1. The van der Waals surface area contributed by atoms with Crippen LogP contribution >= 0.6 is 0 Å². The van der Waals surface area contributed by atoms with E-state index < -0.39 is 21.7 Å². The van der Waals surface area contributed by atoms with Gasteiger partial charge in [0.1, 0.15) is 0 Å². The van der Waals surface area contributed by atoms with Gasteiger partial charge in [0.25, 0.3) is 0 Å². The van der Waals surface area contributed by atoms with Gasteiger partial charge in [-0.3, -0.25) is 4.79 Å². The van der Waals surface area contributed by atoms with E-state index in [9.17, 15) is 13.2 Å². The molecule has 0 radical (unpaired) electrons. The Balaban J connectivity index is 2.25. The van der Waals surface area contributed by atoms with Gasteiger partial charge in [-0.2, -0.15) is 0 Å². The number of carboxylic acid groups (broad SMARTS) is 1. The van der Waals surface area contributed by atoms with Crippen LogP contribution in [0.4, 0.5) is 0 Å². The van der Waals surface area contributed by atoms with Crippen LogP contribution in [0.3, 0.4) is 0 Å². The van der Waals surface area contributed by atoms with Crippen LogP contribution in [-0.2, 0) is 14.6 Å². The molecule has 4 nitrogen and oxygen atoms in total. The molecule has 2 heterocycles. The largest absolute Gasteiger partial charge is 0.481 e. The molecule has 0 amide bonds. The summed E-state index contributed by atoms with van der Waals surface area (Å²) >= 11 is 0. The number of sulfone groups is 1. The van der Waals surface area contributed by atoms with Crippen LogP contribution in [0.15, 0.2) is 0 Å². The molecule has 0 spiro atoms. The highest BCUT2D eigenvalue weighted by atomic mass is 32.2. The highest BCUT2D eigenvalue weighted by Crippen LogP contribution is 2.39. The van der Waals surface area contributed by atoms with Gasteiger partial charge in [-0.1, -0.05) is 6.42 Å². The Bertz CT molecular complexity index is 326. The summed E-state index contributed by atoms with van der Waals surface area (Å²) < 4.78 is 23.5. The topological polar surface area (TPSA) is 71.4 Å². The van der Waals surface area contributed by atoms with E-state index in [-0.39, 0.29) is 10.5 Å². The van der Waals surface area contributed by atoms with E-state index in [0.29, 0.717) is 25.7 Å². The molecule has 5 heteroatoms. The van der Waals surface area contributed by atoms with Crippen LogP contribution in [0, 0.1) is 5.92 Å². The molecule has 0 saturated carbocycles. The average Bonchev–Trinajstić information content (AvgIpc) is 2.00. The van der Waals surface area contributed by atoms with Gasteiger partial charge in [-0.25, -0.2) is 8.42 Å². The first-order valence-corrected chi connectivity index (χ1v) is 6.58. The van der Waals surface area contributed by atoms with E-state index in [1.165, 1.54) is 0 Å². The Morgan fingerprint density at radius 1 is 1.14 bits per heavy atom. The molecule has 2 fully saturated rings. The highest BCUT2D eigenvalue weighted by Gasteiger charge is 2.45. The van der Waals surface area contributed by atoms with Gasteiger partial charge in [-0.15, -0.1) is 0 Å². The van der Waals surface area contributed by atoms with Gasteiger partial charge in [0, 0.05) is 0 Å². The quantitative estimate of drug-likeness (QED) is 0.707. The Hall–Kier alpha value is -0.580. The fourth-order valence-electron chi connectivity index (χ4n) is 2.61. The maximum atomic E-state index is 11.8. The Labute approximate surface area is 83.2 Å². The minimum Gasteiger partial charge on any atom is -0.481 e. The lowest BCUT2D eigenvalue weighted by molar-refractivity contribution is -0.142. The molecule has 0 aromatic rings. The van der Waals surface area contributed by atoms with E-state index >= 15 is 0 Å². The summed E-state index contributed by atoms with van der Waals surface area (Å²) in [5.41, 5.74) is 0. The summed E-state index contributed by atoms with van der Waals surface area (Å²) in [7, 11) is -3.00. The molecule has 2 atom stereocenters. The van der Waals surface area contributed by atoms with Crippen LogP contribution in [0.1, 0.15) is 32.1 Å². The smallest absolute Gasteiger partial charge is 0.306 e. The van der Waals surface area contributed by atoms with E-state index in [1.54, 1.807) is 0 Å². The standard InChI is InChI=1S/C9H14O4S/c10-9(11)6-4-7-2-1-3-8(5-6)14(7,12)13/h6-8H,1-5H2,(H,10,11). The molecule has 2 unspecified atom stereocenters. The number of fused-ring (bicyclic) bond motifs is 2. The minimum absolute atomic E-state index is 0.328. The molecule has 2 saturated heterocycles. The second-order valence-corrected chi connectivity index (χ2v) is 6.78. The predicted molar refractivity (Wildman–Crippen MR) is 50.7 cm³/mol. The predicted octanol–water partition coefficient (Wildman–Crippen LogP) is 0.817. The van der Waals surface area contributed by atoms with Crippen molar-refractivity contribution in [2.75, 3.05) is 0 Å². The van der Waals surface area contributed by atoms with Gasteiger partial charge in [0.15, 0.2) is 9.84 Å². The number of carboxylic acids is 1. The molecule has 0 aromatic heterocycles. The molecule has 80 valence electrons. The number of rotatable bonds is 1. The molecule has 14 heavy (non-hydrogen) atoms. The van der Waals surface area contributed by atoms with Gasteiger partial charge in [0.2, 0.25) is 0 Å². The van der Waals surface area contributed by atoms with Crippen LogP contribution < -0.4 is 0 Å². The second kappa shape index (κ2) is 3.22. The molecule has 2 aliphatic heterocycles. The van der Waals surface area contributed by atoms with Gasteiger partial charge in [0.05, 0.1) is 16.4 Å². The average molecular weight is 218 g/mol. The summed E-state index contributed by atoms with van der Waals surface area (Å²) in [5.74, 6) is -1.27. The lowest BCUT2D eigenvalue weighted by Crippen LogP contribution is -2.45. The number of carbonyl (C=O) groups is 1. The highest BCUT2D eigenvalue weighted by molar-refractivity contribution is 7.92. The molecule has 2 bridgehead atoms. The first kappa shape index (κ1) is 9.96. The van der Waals surface area contributed by atoms with E-state index in [0.717, 1.165) is 6.42 Å². The van der Waals surface area contributed by atoms with Gasteiger partial charge >= 0.3 is 5.97 Å². The van der Waals surface area contributed by atoms with Crippen molar-refractivity contribution in [2.45, 2.75) is 42.6 Å². The maximum absolute atomic E-state index is 11.8. The summed E-state index contributed by atoms with van der Waals surface area (Å²) in [6, 6.07) is 0. The lowest BCUT2D eigenvalue weighted by Gasteiger charge is -2.37. The number of hydrogen-bond acceptors (Lipinski definition) is 3. The van der Waals surface area contributed by atoms with Crippen molar-refractivity contribution < 1.29 is 18.3 Å². The third-order valence-electron chi connectivity index (χ3n) is 3.43. The van der Waals surface area contributed by atoms with Crippen molar-refractivity contribution in [3.05, 3.63) is 0 Å². The lowest BCUT2D eigenvalue weighted by atomic mass is 9.90. The normalized spacial score (nSPS) is 40.4. The third kappa shape index (κ3) is 1.43. The Morgan fingerprint density at radius 3 is 2.07 bits per heavy atom. The summed E-state index contributed by atoms with van der Waals surface area (Å²) in [6.45, 7) is 0. The molecular formula is C9H14O4S. The van der Waals surface area contributed by atoms with Crippen molar-refractivity contribution in [1.29, 1.82) is 0 Å². The summed E-state index contributed by atoms with van der Waals surface area (Å²) in [4.78, 5) is 10.8. The molecule has 0 aromatic carbocycles. The van der Waals surface area contributed by atoms with E-state index in [2.05, 4.69) is 0 Å². The molecular weight excluding hydrogens is 204 g/mol. The van der Waals surface area contributed by atoms with Gasteiger partial charge in [-0.05, 0) is 25.7 Å². The Morgan fingerprint density at radius 2 is 1.64 bits per heavy atom. The first-order chi connectivity index (χ1) is 6.51. The van der Waals surface area contributed by atoms with Crippen molar-refractivity contribution in [3.63, 3.8) is 0 Å². The summed E-state index contributed by atoms with van der Waals surface area (Å²) in [6.07, 6.45) is 2.90. The fourth-order valence-corrected chi connectivity index (χ4v) is 5.15. The summed E-state index contributed by atoms with van der Waals surface area (Å²) in [5, 5.41) is 8.11. The number of aliphatic carboxylic acids is 1. The van der Waals surface area contributed by atoms with Crippen LogP contribution in [0.5, 0.6) is 0 Å². The SMILES string of the molecule is O=C(O)C1CC2CCCC(C1)S2(=O)=O.